The van der Waals surface area contributed by atoms with Crippen LogP contribution in [0.1, 0.15) is 118 Å². The van der Waals surface area contributed by atoms with Crippen LogP contribution in [0, 0.1) is 46.3 Å². The van der Waals surface area contributed by atoms with Crippen molar-refractivity contribution in [3.63, 3.8) is 0 Å². The Bertz CT molecular complexity index is 528. The third-order valence-corrected chi connectivity index (χ3v) is 10.9. The van der Waals surface area contributed by atoms with Crippen molar-refractivity contribution in [3.8, 4) is 0 Å². The minimum absolute atomic E-state index is 0.00657. The first kappa shape index (κ1) is 21.2. The van der Waals surface area contributed by atoms with Gasteiger partial charge in [-0.05, 0) is 104 Å². The normalized spacial score (nSPS) is 49.2. The largest absolute Gasteiger partial charge is 0.393 e. The first-order valence-corrected chi connectivity index (χ1v) is 13.1. The van der Waals surface area contributed by atoms with E-state index in [-0.39, 0.29) is 6.10 Å². The maximum Gasteiger partial charge on any atom is 0.0543 e. The second-order valence-corrected chi connectivity index (χ2v) is 12.1. The molecule has 0 aliphatic heterocycles. The quantitative estimate of drug-likeness (QED) is 0.464. The molecule has 0 aromatic rings. The molecule has 28 heavy (non-hydrogen) atoms. The van der Waals surface area contributed by atoms with Gasteiger partial charge in [0, 0.05) is 0 Å². The van der Waals surface area contributed by atoms with Crippen molar-refractivity contribution in [2.75, 3.05) is 0 Å². The monoisotopic (exact) mass is 388 g/mol. The number of hydrogen-bond acceptors (Lipinski definition) is 1. The van der Waals surface area contributed by atoms with Gasteiger partial charge in [-0.15, -0.1) is 0 Å². The third kappa shape index (κ3) is 3.50. The van der Waals surface area contributed by atoms with E-state index in [1.165, 1.54) is 77.0 Å². The average Bonchev–Trinajstić information content (AvgIpc) is 3.03. The number of rotatable bonds is 6. The van der Waals surface area contributed by atoms with Crippen molar-refractivity contribution >= 4 is 0 Å². The summed E-state index contributed by atoms with van der Waals surface area (Å²) in [5.74, 6) is 5.66. The molecule has 9 unspecified atom stereocenters. The molecule has 1 nitrogen and oxygen atoms in total. The molecule has 0 aromatic heterocycles. The molecule has 1 N–H and O–H groups in total. The Hall–Kier alpha value is -0.0400. The summed E-state index contributed by atoms with van der Waals surface area (Å²) in [6, 6.07) is 0. The fourth-order valence-electron chi connectivity index (χ4n) is 9.30. The summed E-state index contributed by atoms with van der Waals surface area (Å²) >= 11 is 0. The molecule has 0 aromatic carbocycles. The predicted octanol–water partition coefficient (Wildman–Crippen LogP) is 7.61. The molecule has 0 bridgehead atoms. The first-order valence-electron chi connectivity index (χ1n) is 13.1. The molecule has 162 valence electrons. The smallest absolute Gasteiger partial charge is 0.0543 e. The Kier molecular flexibility index (Phi) is 6.24. The number of unbranched alkanes of at least 4 members (excludes halogenated alkanes) is 3. The lowest BCUT2D eigenvalue weighted by Gasteiger charge is -2.61. The molecule has 9 atom stereocenters. The van der Waals surface area contributed by atoms with Crippen LogP contribution in [0.15, 0.2) is 0 Å². The number of fused-ring (bicyclic) bond motifs is 5. The number of aliphatic hydroxyl groups is 1. The van der Waals surface area contributed by atoms with Crippen molar-refractivity contribution < 1.29 is 5.11 Å². The summed E-state index contributed by atoms with van der Waals surface area (Å²) in [4.78, 5) is 0. The van der Waals surface area contributed by atoms with E-state index >= 15 is 0 Å². The molecular weight excluding hydrogens is 340 g/mol. The van der Waals surface area contributed by atoms with Gasteiger partial charge >= 0.3 is 0 Å². The van der Waals surface area contributed by atoms with E-state index in [0.717, 1.165) is 48.3 Å². The summed E-state index contributed by atoms with van der Waals surface area (Å²) in [6.45, 7) is 10.3. The van der Waals surface area contributed by atoms with E-state index in [9.17, 15) is 5.11 Å². The van der Waals surface area contributed by atoms with E-state index in [4.69, 9.17) is 0 Å². The molecule has 4 rings (SSSR count). The lowest BCUT2D eigenvalue weighted by Crippen LogP contribution is -2.54. The lowest BCUT2D eigenvalue weighted by molar-refractivity contribution is -0.129. The summed E-state index contributed by atoms with van der Waals surface area (Å²) in [6.07, 6.45) is 19.5. The second-order valence-electron chi connectivity index (χ2n) is 12.1. The highest BCUT2D eigenvalue weighted by atomic mass is 16.3. The molecule has 4 fully saturated rings. The van der Waals surface area contributed by atoms with Gasteiger partial charge in [0.1, 0.15) is 0 Å². The summed E-state index contributed by atoms with van der Waals surface area (Å²) in [5.41, 5.74) is 1.16. The van der Waals surface area contributed by atoms with Crippen LogP contribution in [-0.4, -0.2) is 11.2 Å². The van der Waals surface area contributed by atoms with Crippen LogP contribution in [0.5, 0.6) is 0 Å². The Morgan fingerprint density at radius 1 is 0.857 bits per heavy atom. The van der Waals surface area contributed by atoms with Gasteiger partial charge < -0.3 is 5.11 Å². The third-order valence-electron chi connectivity index (χ3n) is 10.9. The van der Waals surface area contributed by atoms with E-state index < -0.39 is 0 Å². The molecule has 1 heteroatoms. The van der Waals surface area contributed by atoms with Crippen LogP contribution < -0.4 is 0 Å². The van der Waals surface area contributed by atoms with Gasteiger partial charge in [0.25, 0.3) is 0 Å². The Balaban J connectivity index is 1.45. The van der Waals surface area contributed by atoms with E-state index in [1.54, 1.807) is 0 Å². The minimum atomic E-state index is -0.00657. The molecule has 0 heterocycles. The van der Waals surface area contributed by atoms with Crippen LogP contribution in [-0.2, 0) is 0 Å². The Morgan fingerprint density at radius 2 is 1.61 bits per heavy atom. The lowest BCUT2D eigenvalue weighted by atomic mass is 9.44. The van der Waals surface area contributed by atoms with Gasteiger partial charge in [-0.3, -0.25) is 0 Å². The molecule has 4 aliphatic carbocycles. The average molecular weight is 389 g/mol. The zero-order valence-electron chi connectivity index (χ0n) is 19.4. The number of aliphatic hydroxyl groups excluding tert-OH is 1. The molecular formula is C27H48O. The Morgan fingerprint density at radius 3 is 2.39 bits per heavy atom. The minimum Gasteiger partial charge on any atom is -0.393 e. The van der Waals surface area contributed by atoms with Gasteiger partial charge in [-0.2, -0.15) is 0 Å². The maximum absolute atomic E-state index is 10.3. The van der Waals surface area contributed by atoms with Gasteiger partial charge in [0.15, 0.2) is 0 Å². The van der Waals surface area contributed by atoms with Gasteiger partial charge in [-0.25, -0.2) is 0 Å². The van der Waals surface area contributed by atoms with Crippen molar-refractivity contribution in [1.29, 1.82) is 0 Å². The highest BCUT2D eigenvalue weighted by Crippen LogP contribution is 2.68. The SMILES string of the molecule is CCCCCCC(C)C1CCC2C3CCC4CC(O)CCC4(C)C3CCC12C. The van der Waals surface area contributed by atoms with E-state index in [0.29, 0.717) is 10.8 Å². The highest BCUT2D eigenvalue weighted by Gasteiger charge is 2.60. The Labute approximate surface area is 175 Å². The fraction of sp³-hybridized carbons (Fsp3) is 1.00. The van der Waals surface area contributed by atoms with Crippen LogP contribution in [0.25, 0.3) is 0 Å². The van der Waals surface area contributed by atoms with Gasteiger partial charge in [0.2, 0.25) is 0 Å². The number of hydrogen-bond donors (Lipinski definition) is 1. The topological polar surface area (TPSA) is 20.2 Å². The second kappa shape index (κ2) is 8.24. The van der Waals surface area contributed by atoms with Crippen molar-refractivity contribution in [2.45, 2.75) is 124 Å². The molecule has 0 amide bonds. The molecule has 4 saturated carbocycles. The summed E-state index contributed by atoms with van der Waals surface area (Å²) in [7, 11) is 0. The standard InChI is InChI=1S/C27H48O/c1-5-6-7-8-9-19(2)23-12-13-24-22-11-10-20-18-21(28)14-16-26(20,3)25(22)15-17-27(23,24)4/h19-25,28H,5-18H2,1-4H3. The van der Waals surface area contributed by atoms with Crippen LogP contribution in [0.3, 0.4) is 0 Å². The maximum atomic E-state index is 10.3. The summed E-state index contributed by atoms with van der Waals surface area (Å²) in [5, 5.41) is 10.3. The van der Waals surface area contributed by atoms with Crippen molar-refractivity contribution in [3.05, 3.63) is 0 Å². The van der Waals surface area contributed by atoms with Crippen molar-refractivity contribution in [1.82, 2.24) is 0 Å². The highest BCUT2D eigenvalue weighted by molar-refractivity contribution is 5.09. The van der Waals surface area contributed by atoms with E-state index in [1.807, 2.05) is 0 Å². The molecule has 4 aliphatic rings. The predicted molar refractivity (Wildman–Crippen MR) is 119 cm³/mol. The first-order chi connectivity index (χ1) is 13.4. The van der Waals surface area contributed by atoms with Gasteiger partial charge in [0.05, 0.1) is 6.10 Å². The van der Waals surface area contributed by atoms with Crippen molar-refractivity contribution in [2.24, 2.45) is 46.3 Å². The molecule has 0 radical (unpaired) electrons. The zero-order chi connectivity index (χ0) is 19.9. The van der Waals surface area contributed by atoms with Gasteiger partial charge in [-0.1, -0.05) is 59.8 Å². The molecule has 0 spiro atoms. The molecule has 0 saturated heterocycles. The van der Waals surface area contributed by atoms with Crippen LogP contribution in [0.2, 0.25) is 0 Å². The zero-order valence-corrected chi connectivity index (χ0v) is 19.4. The van der Waals surface area contributed by atoms with Crippen LogP contribution >= 0.6 is 0 Å². The van der Waals surface area contributed by atoms with Crippen LogP contribution in [0.4, 0.5) is 0 Å². The summed E-state index contributed by atoms with van der Waals surface area (Å²) < 4.78 is 0. The fourth-order valence-corrected chi connectivity index (χ4v) is 9.30. The van der Waals surface area contributed by atoms with E-state index in [2.05, 4.69) is 27.7 Å².